The third-order valence-corrected chi connectivity index (χ3v) is 3.62. The lowest BCUT2D eigenvalue weighted by Crippen LogP contribution is -2.34. The molecule has 96 valence electrons. The van der Waals surface area contributed by atoms with Gasteiger partial charge in [-0.05, 0) is 24.6 Å². The Bertz CT molecular complexity index is 511. The minimum atomic E-state index is -4.60. The third kappa shape index (κ3) is 3.60. The molecule has 1 aromatic rings. The van der Waals surface area contributed by atoms with E-state index < -0.39 is 22.7 Å². The van der Waals surface area contributed by atoms with E-state index in [1.165, 1.54) is 29.8 Å². The van der Waals surface area contributed by atoms with Gasteiger partial charge in [-0.1, -0.05) is 6.07 Å². The van der Waals surface area contributed by atoms with E-state index in [9.17, 15) is 21.6 Å². The summed E-state index contributed by atoms with van der Waals surface area (Å²) in [6.45, 7) is -0.180. The Morgan fingerprint density at radius 1 is 1.35 bits per heavy atom. The van der Waals surface area contributed by atoms with Gasteiger partial charge in [-0.15, -0.1) is 0 Å². The molecule has 0 aromatic heterocycles. The number of anilines is 1. The molecule has 3 N–H and O–H groups in total. The summed E-state index contributed by atoms with van der Waals surface area (Å²) in [5.41, 5.74) is 5.92. The van der Waals surface area contributed by atoms with Crippen molar-refractivity contribution in [3.8, 4) is 0 Å². The molecule has 0 spiro atoms. The van der Waals surface area contributed by atoms with E-state index in [0.717, 1.165) is 0 Å². The fourth-order valence-electron chi connectivity index (χ4n) is 1.18. The van der Waals surface area contributed by atoms with Crippen molar-refractivity contribution in [3.05, 3.63) is 23.8 Å². The van der Waals surface area contributed by atoms with E-state index >= 15 is 0 Å². The maximum absolute atomic E-state index is 11.9. The van der Waals surface area contributed by atoms with Crippen LogP contribution < -0.4 is 10.5 Å². The highest BCUT2D eigenvalue weighted by Crippen LogP contribution is 2.21. The molecule has 0 saturated carbocycles. The van der Waals surface area contributed by atoms with Crippen molar-refractivity contribution in [1.82, 2.24) is 4.72 Å². The number of nitrogen functional groups attached to an aromatic ring is 1. The third-order valence-electron chi connectivity index (χ3n) is 2.08. The molecular formula is C9H11F3N2O2S. The molecule has 4 nitrogen and oxygen atoms in total. The van der Waals surface area contributed by atoms with Gasteiger partial charge in [-0.25, -0.2) is 13.1 Å². The Labute approximate surface area is 96.7 Å². The highest BCUT2D eigenvalue weighted by Gasteiger charge is 2.30. The van der Waals surface area contributed by atoms with Gasteiger partial charge in [-0.2, -0.15) is 13.2 Å². The lowest BCUT2D eigenvalue weighted by Gasteiger charge is -2.12. The fourth-order valence-corrected chi connectivity index (χ4v) is 2.47. The van der Waals surface area contributed by atoms with Crippen molar-refractivity contribution in [2.24, 2.45) is 0 Å². The molecule has 0 aliphatic rings. The first-order chi connectivity index (χ1) is 7.63. The zero-order valence-corrected chi connectivity index (χ0v) is 9.69. The Hall–Kier alpha value is -1.28. The number of sulfonamides is 1. The summed E-state index contributed by atoms with van der Waals surface area (Å²) in [4.78, 5) is -0.248. The second-order valence-corrected chi connectivity index (χ2v) is 5.15. The molecule has 0 fully saturated rings. The molecule has 0 atom stereocenters. The molecule has 0 aliphatic carbocycles. The highest BCUT2D eigenvalue weighted by molar-refractivity contribution is 7.89. The minimum absolute atomic E-state index is 0.208. The van der Waals surface area contributed by atoms with Gasteiger partial charge >= 0.3 is 6.18 Å². The fraction of sp³-hybridized carbons (Fsp3) is 0.333. The molecule has 0 bridgehead atoms. The van der Waals surface area contributed by atoms with Crippen LogP contribution in [0.25, 0.3) is 0 Å². The summed E-state index contributed by atoms with van der Waals surface area (Å²) < 4.78 is 60.4. The van der Waals surface area contributed by atoms with Gasteiger partial charge in [0.1, 0.15) is 6.54 Å². The van der Waals surface area contributed by atoms with Crippen molar-refractivity contribution < 1.29 is 21.6 Å². The van der Waals surface area contributed by atoms with Gasteiger partial charge < -0.3 is 5.73 Å². The van der Waals surface area contributed by atoms with Crippen LogP contribution in [0, 0.1) is 6.92 Å². The Morgan fingerprint density at radius 3 is 2.47 bits per heavy atom. The maximum atomic E-state index is 11.9. The standard InChI is InChI=1S/C9H11F3N2O2S/c1-6-7(13)3-2-4-8(6)17(15,16)14-5-9(10,11)12/h2-4,14H,5,13H2,1H3. The average Bonchev–Trinajstić information content (AvgIpc) is 2.18. The predicted molar refractivity (Wildman–Crippen MR) is 56.8 cm³/mol. The molecule has 0 unspecified atom stereocenters. The number of hydrogen-bond acceptors (Lipinski definition) is 3. The summed E-state index contributed by atoms with van der Waals surface area (Å²) >= 11 is 0. The molecule has 17 heavy (non-hydrogen) atoms. The number of halogens is 3. The molecule has 0 radical (unpaired) electrons. The molecule has 8 heteroatoms. The van der Waals surface area contributed by atoms with Crippen molar-refractivity contribution >= 4 is 15.7 Å². The summed E-state index contributed by atoms with van der Waals surface area (Å²) in [7, 11) is -4.20. The van der Waals surface area contributed by atoms with E-state index in [1.54, 1.807) is 0 Å². The lowest BCUT2D eigenvalue weighted by atomic mass is 10.2. The van der Waals surface area contributed by atoms with Gasteiger partial charge in [0, 0.05) is 5.69 Å². The molecule has 0 aliphatic heterocycles. The number of nitrogens with one attached hydrogen (secondary N) is 1. The molecule has 0 saturated heterocycles. The molecule has 0 heterocycles. The van der Waals surface area contributed by atoms with E-state index in [-0.39, 0.29) is 16.1 Å². The smallest absolute Gasteiger partial charge is 0.398 e. The Kier molecular flexibility index (Phi) is 3.68. The predicted octanol–water partition coefficient (Wildman–Crippen LogP) is 1.42. The van der Waals surface area contributed by atoms with Gasteiger partial charge in [0.05, 0.1) is 4.90 Å². The summed E-state index contributed by atoms with van der Waals surface area (Å²) in [6.07, 6.45) is -4.60. The van der Waals surface area contributed by atoms with Gasteiger partial charge in [0.25, 0.3) is 0 Å². The number of benzene rings is 1. The Morgan fingerprint density at radius 2 is 1.94 bits per heavy atom. The van der Waals surface area contributed by atoms with Crippen LogP contribution in [0.15, 0.2) is 23.1 Å². The zero-order chi connectivity index (χ0) is 13.3. The summed E-state index contributed by atoms with van der Waals surface area (Å²) in [5, 5.41) is 0. The number of rotatable bonds is 3. The molecule has 1 rings (SSSR count). The van der Waals surface area contributed by atoms with Crippen LogP contribution >= 0.6 is 0 Å². The number of nitrogens with two attached hydrogens (primary N) is 1. The quantitative estimate of drug-likeness (QED) is 0.814. The van der Waals surface area contributed by atoms with Crippen molar-refractivity contribution in [1.29, 1.82) is 0 Å². The monoisotopic (exact) mass is 268 g/mol. The van der Waals surface area contributed by atoms with Gasteiger partial charge in [-0.3, -0.25) is 0 Å². The van der Waals surface area contributed by atoms with E-state index in [2.05, 4.69) is 0 Å². The second kappa shape index (κ2) is 4.53. The summed E-state index contributed by atoms with van der Waals surface area (Å²) in [5.74, 6) is 0. The SMILES string of the molecule is Cc1c(N)cccc1S(=O)(=O)NCC(F)(F)F. The Balaban J connectivity index is 3.02. The van der Waals surface area contributed by atoms with Crippen molar-refractivity contribution in [2.45, 2.75) is 18.0 Å². The first-order valence-electron chi connectivity index (χ1n) is 4.55. The highest BCUT2D eigenvalue weighted by atomic mass is 32.2. The summed E-state index contributed by atoms with van der Waals surface area (Å²) in [6, 6.07) is 4.03. The topological polar surface area (TPSA) is 72.2 Å². The first-order valence-corrected chi connectivity index (χ1v) is 6.03. The van der Waals surface area contributed by atoms with Crippen LogP contribution in [-0.2, 0) is 10.0 Å². The lowest BCUT2D eigenvalue weighted by molar-refractivity contribution is -0.121. The van der Waals surface area contributed by atoms with Crippen LogP contribution in [0.4, 0.5) is 18.9 Å². The van der Waals surface area contributed by atoms with Crippen molar-refractivity contribution in [2.75, 3.05) is 12.3 Å². The molecular weight excluding hydrogens is 257 g/mol. The maximum Gasteiger partial charge on any atom is 0.402 e. The van der Waals surface area contributed by atoms with E-state index in [4.69, 9.17) is 5.73 Å². The number of alkyl halides is 3. The van der Waals surface area contributed by atoms with Crippen LogP contribution in [0.5, 0.6) is 0 Å². The van der Waals surface area contributed by atoms with Crippen LogP contribution in [0.2, 0.25) is 0 Å². The average molecular weight is 268 g/mol. The first kappa shape index (κ1) is 13.8. The molecule has 0 amide bonds. The van der Waals surface area contributed by atoms with Crippen LogP contribution in [-0.4, -0.2) is 21.1 Å². The van der Waals surface area contributed by atoms with Crippen molar-refractivity contribution in [3.63, 3.8) is 0 Å². The molecule has 1 aromatic carbocycles. The van der Waals surface area contributed by atoms with Gasteiger partial charge in [0.15, 0.2) is 0 Å². The van der Waals surface area contributed by atoms with Crippen LogP contribution in [0.3, 0.4) is 0 Å². The normalized spacial score (nSPS) is 12.7. The largest absolute Gasteiger partial charge is 0.402 e. The van der Waals surface area contributed by atoms with E-state index in [0.29, 0.717) is 0 Å². The zero-order valence-electron chi connectivity index (χ0n) is 8.88. The van der Waals surface area contributed by atoms with Gasteiger partial charge in [0.2, 0.25) is 10.0 Å². The van der Waals surface area contributed by atoms with E-state index in [1.807, 2.05) is 0 Å². The number of hydrogen-bond donors (Lipinski definition) is 2. The minimum Gasteiger partial charge on any atom is -0.398 e. The second-order valence-electron chi connectivity index (χ2n) is 3.41. The van der Waals surface area contributed by atoms with Crippen LogP contribution in [0.1, 0.15) is 5.56 Å².